The van der Waals surface area contributed by atoms with Crippen molar-refractivity contribution in [1.29, 1.82) is 0 Å². The average Bonchev–Trinajstić information content (AvgIpc) is 3.05. The molecule has 2 heterocycles. The molecule has 5 heteroatoms. The number of thiophene rings is 1. The summed E-state index contributed by atoms with van der Waals surface area (Å²) < 4.78 is 5.10. The monoisotopic (exact) mass is 279 g/mol. The topological polar surface area (TPSA) is 62.5 Å². The molecule has 0 saturated heterocycles. The van der Waals surface area contributed by atoms with E-state index in [2.05, 4.69) is 5.32 Å². The minimum Gasteiger partial charge on any atom is -0.469 e. The highest BCUT2D eigenvalue weighted by atomic mass is 32.1. The highest BCUT2D eigenvalue weighted by Gasteiger charge is 2.14. The summed E-state index contributed by atoms with van der Waals surface area (Å²) >= 11 is 1.66. The molecule has 0 aliphatic carbocycles. The molecule has 1 amide bonds. The second-order valence-corrected chi connectivity index (χ2v) is 5.46. The molecule has 19 heavy (non-hydrogen) atoms. The van der Waals surface area contributed by atoms with Gasteiger partial charge in [-0.05, 0) is 30.9 Å². The zero-order valence-electron chi connectivity index (χ0n) is 10.8. The van der Waals surface area contributed by atoms with Crippen LogP contribution in [0.2, 0.25) is 0 Å². The predicted octanol–water partition coefficient (Wildman–Crippen LogP) is 2.23. The van der Waals surface area contributed by atoms with E-state index in [4.69, 9.17) is 4.42 Å². The van der Waals surface area contributed by atoms with Gasteiger partial charge in [-0.15, -0.1) is 11.3 Å². The maximum absolute atomic E-state index is 11.9. The average molecular weight is 279 g/mol. The third kappa shape index (κ3) is 3.68. The van der Waals surface area contributed by atoms with Crippen molar-refractivity contribution in [1.82, 2.24) is 5.32 Å². The Labute approximate surface area is 116 Å². The van der Waals surface area contributed by atoms with Crippen LogP contribution < -0.4 is 5.32 Å². The van der Waals surface area contributed by atoms with Crippen molar-refractivity contribution in [3.8, 4) is 0 Å². The van der Waals surface area contributed by atoms with Crippen molar-refractivity contribution in [3.05, 3.63) is 46.0 Å². The van der Waals surface area contributed by atoms with Gasteiger partial charge in [0.1, 0.15) is 5.76 Å². The lowest BCUT2D eigenvalue weighted by Crippen LogP contribution is -2.31. The standard InChI is InChI=1S/C14H17NO3S/c1-10-13(4-5-18-10)14(17)15-8-11(9-16)7-12-3-2-6-19-12/h2-6,11,16H,7-9H2,1H3,(H,15,17)/t11-/m1/s1. The van der Waals surface area contributed by atoms with Crippen molar-refractivity contribution < 1.29 is 14.3 Å². The summed E-state index contributed by atoms with van der Waals surface area (Å²) in [4.78, 5) is 13.1. The summed E-state index contributed by atoms with van der Waals surface area (Å²) in [5.74, 6) is 0.488. The van der Waals surface area contributed by atoms with Gasteiger partial charge in [-0.3, -0.25) is 4.79 Å². The Hall–Kier alpha value is -1.59. The first-order chi connectivity index (χ1) is 9.20. The molecule has 4 nitrogen and oxygen atoms in total. The molecule has 102 valence electrons. The summed E-state index contributed by atoms with van der Waals surface area (Å²) in [6, 6.07) is 5.68. The number of carbonyl (C=O) groups is 1. The van der Waals surface area contributed by atoms with Crippen molar-refractivity contribution in [2.24, 2.45) is 5.92 Å². The van der Waals surface area contributed by atoms with Crippen molar-refractivity contribution in [3.63, 3.8) is 0 Å². The van der Waals surface area contributed by atoms with Crippen LogP contribution in [0.15, 0.2) is 34.3 Å². The Bertz CT molecular complexity index is 519. The number of aryl methyl sites for hydroxylation is 1. The van der Waals surface area contributed by atoms with Crippen LogP contribution in [-0.4, -0.2) is 24.2 Å². The number of hydrogen-bond acceptors (Lipinski definition) is 4. The second-order valence-electron chi connectivity index (χ2n) is 4.43. The van der Waals surface area contributed by atoms with Crippen LogP contribution in [0.1, 0.15) is 21.0 Å². The lowest BCUT2D eigenvalue weighted by molar-refractivity contribution is 0.0938. The van der Waals surface area contributed by atoms with Crippen LogP contribution in [0, 0.1) is 12.8 Å². The zero-order chi connectivity index (χ0) is 13.7. The van der Waals surface area contributed by atoms with Crippen molar-refractivity contribution in [2.75, 3.05) is 13.2 Å². The lowest BCUT2D eigenvalue weighted by Gasteiger charge is -2.14. The molecule has 0 saturated carbocycles. The van der Waals surface area contributed by atoms with E-state index in [0.717, 1.165) is 6.42 Å². The zero-order valence-corrected chi connectivity index (χ0v) is 11.6. The molecular formula is C14H17NO3S. The fraction of sp³-hybridized carbons (Fsp3) is 0.357. The molecule has 0 aliphatic heterocycles. The SMILES string of the molecule is Cc1occc1C(=O)NC[C@H](CO)Cc1cccs1. The minimum absolute atomic E-state index is 0.0369. The van der Waals surface area contributed by atoms with Crippen LogP contribution in [0.25, 0.3) is 0 Å². The predicted molar refractivity (Wildman–Crippen MR) is 74.4 cm³/mol. The molecule has 1 atom stereocenters. The maximum Gasteiger partial charge on any atom is 0.254 e. The Kier molecular flexibility index (Phi) is 4.76. The first-order valence-electron chi connectivity index (χ1n) is 6.16. The van der Waals surface area contributed by atoms with E-state index in [1.807, 2.05) is 17.5 Å². The summed E-state index contributed by atoms with van der Waals surface area (Å²) in [7, 11) is 0. The molecule has 2 rings (SSSR count). The number of furan rings is 1. The van der Waals surface area contributed by atoms with Crippen molar-refractivity contribution in [2.45, 2.75) is 13.3 Å². The molecule has 2 N–H and O–H groups in total. The van der Waals surface area contributed by atoms with Crippen LogP contribution in [-0.2, 0) is 6.42 Å². The first-order valence-corrected chi connectivity index (χ1v) is 7.04. The molecule has 2 aromatic rings. The Morgan fingerprint density at radius 2 is 2.37 bits per heavy atom. The molecule has 0 aromatic carbocycles. The van der Waals surface area contributed by atoms with E-state index >= 15 is 0 Å². The fourth-order valence-corrected chi connectivity index (χ4v) is 2.69. The molecule has 0 bridgehead atoms. The van der Waals surface area contributed by atoms with Gasteiger partial charge >= 0.3 is 0 Å². The van der Waals surface area contributed by atoms with Gasteiger partial charge in [0, 0.05) is 23.9 Å². The van der Waals surface area contributed by atoms with Crippen LogP contribution in [0.4, 0.5) is 0 Å². The number of amides is 1. The number of aliphatic hydroxyl groups excluding tert-OH is 1. The van der Waals surface area contributed by atoms with E-state index in [1.54, 1.807) is 24.3 Å². The molecule has 2 aromatic heterocycles. The fourth-order valence-electron chi connectivity index (χ4n) is 1.87. The Morgan fingerprint density at radius 1 is 1.53 bits per heavy atom. The maximum atomic E-state index is 11.9. The molecule has 0 radical (unpaired) electrons. The van der Waals surface area contributed by atoms with Gasteiger partial charge in [-0.2, -0.15) is 0 Å². The highest BCUT2D eigenvalue weighted by molar-refractivity contribution is 7.09. The number of rotatable bonds is 6. The summed E-state index contributed by atoms with van der Waals surface area (Å²) in [6.45, 7) is 2.27. The third-order valence-electron chi connectivity index (χ3n) is 2.98. The molecule has 0 spiro atoms. The normalized spacial score (nSPS) is 12.3. The van der Waals surface area contributed by atoms with Gasteiger partial charge in [0.2, 0.25) is 0 Å². The largest absolute Gasteiger partial charge is 0.469 e. The van der Waals surface area contributed by atoms with Gasteiger partial charge in [0.25, 0.3) is 5.91 Å². The van der Waals surface area contributed by atoms with Crippen LogP contribution >= 0.6 is 11.3 Å². The van der Waals surface area contributed by atoms with E-state index < -0.39 is 0 Å². The lowest BCUT2D eigenvalue weighted by atomic mass is 10.1. The molecular weight excluding hydrogens is 262 g/mol. The van der Waals surface area contributed by atoms with E-state index in [0.29, 0.717) is 17.9 Å². The molecule has 0 unspecified atom stereocenters. The smallest absolute Gasteiger partial charge is 0.254 e. The summed E-state index contributed by atoms with van der Waals surface area (Å²) in [5.41, 5.74) is 0.549. The number of aliphatic hydroxyl groups is 1. The van der Waals surface area contributed by atoms with E-state index in [9.17, 15) is 9.90 Å². The second kappa shape index (κ2) is 6.54. The number of hydrogen-bond donors (Lipinski definition) is 2. The number of nitrogens with one attached hydrogen (secondary N) is 1. The van der Waals surface area contributed by atoms with Crippen LogP contribution in [0.3, 0.4) is 0 Å². The first kappa shape index (κ1) is 13.8. The van der Waals surface area contributed by atoms with Crippen molar-refractivity contribution >= 4 is 17.2 Å². The Morgan fingerprint density at radius 3 is 2.95 bits per heavy atom. The van der Waals surface area contributed by atoms with Gasteiger partial charge < -0.3 is 14.8 Å². The Balaban J connectivity index is 1.86. The van der Waals surface area contributed by atoms with Gasteiger partial charge in [0.05, 0.1) is 11.8 Å². The molecule has 0 fully saturated rings. The van der Waals surface area contributed by atoms with Gasteiger partial charge in [-0.1, -0.05) is 6.07 Å². The quantitative estimate of drug-likeness (QED) is 0.852. The summed E-state index contributed by atoms with van der Waals surface area (Å²) in [6.07, 6.45) is 2.28. The van der Waals surface area contributed by atoms with Gasteiger partial charge in [-0.25, -0.2) is 0 Å². The van der Waals surface area contributed by atoms with Crippen LogP contribution in [0.5, 0.6) is 0 Å². The highest BCUT2D eigenvalue weighted by Crippen LogP contribution is 2.14. The van der Waals surface area contributed by atoms with E-state index in [-0.39, 0.29) is 18.4 Å². The van der Waals surface area contributed by atoms with Gasteiger partial charge in [0.15, 0.2) is 0 Å². The third-order valence-corrected chi connectivity index (χ3v) is 3.88. The van der Waals surface area contributed by atoms with E-state index in [1.165, 1.54) is 11.1 Å². The summed E-state index contributed by atoms with van der Waals surface area (Å²) in [5, 5.41) is 14.2. The number of carbonyl (C=O) groups excluding carboxylic acids is 1. The minimum atomic E-state index is -0.157. The molecule has 0 aliphatic rings.